The molecule has 0 spiro atoms. The second-order valence-electron chi connectivity index (χ2n) is 5.35. The number of rotatable bonds is 5. The Labute approximate surface area is 137 Å². The standard InChI is InChI=1S/C19H22O4/c1-5-15-10-13(2)14(3)11-18(15)22-12-16-8-6-7-9-17(16)23-19(20)21-4/h6-11H,5,12H2,1-4H3. The van der Waals surface area contributed by atoms with Crippen molar-refractivity contribution in [3.8, 4) is 11.5 Å². The van der Waals surface area contributed by atoms with Gasteiger partial charge in [-0.1, -0.05) is 31.2 Å². The first-order valence-electron chi connectivity index (χ1n) is 7.61. The highest BCUT2D eigenvalue weighted by molar-refractivity contribution is 5.64. The van der Waals surface area contributed by atoms with Crippen LogP contribution in [-0.2, 0) is 17.8 Å². The van der Waals surface area contributed by atoms with Gasteiger partial charge in [-0.05, 0) is 49.1 Å². The summed E-state index contributed by atoms with van der Waals surface area (Å²) in [7, 11) is 1.28. The summed E-state index contributed by atoms with van der Waals surface area (Å²) >= 11 is 0. The van der Waals surface area contributed by atoms with E-state index < -0.39 is 6.16 Å². The zero-order valence-corrected chi connectivity index (χ0v) is 14.0. The Morgan fingerprint density at radius 1 is 1.00 bits per heavy atom. The van der Waals surface area contributed by atoms with Crippen molar-refractivity contribution >= 4 is 6.16 Å². The summed E-state index contributed by atoms with van der Waals surface area (Å²) in [6, 6.07) is 11.5. The molecule has 122 valence electrons. The van der Waals surface area contributed by atoms with Crippen LogP contribution >= 0.6 is 0 Å². The molecule has 0 aliphatic carbocycles. The lowest BCUT2D eigenvalue weighted by Gasteiger charge is -2.15. The van der Waals surface area contributed by atoms with Gasteiger partial charge in [0.15, 0.2) is 0 Å². The molecule has 0 aromatic heterocycles. The highest BCUT2D eigenvalue weighted by Gasteiger charge is 2.11. The summed E-state index contributed by atoms with van der Waals surface area (Å²) in [5, 5.41) is 0. The zero-order chi connectivity index (χ0) is 16.8. The van der Waals surface area contributed by atoms with Gasteiger partial charge in [-0.3, -0.25) is 0 Å². The molecule has 0 aliphatic rings. The largest absolute Gasteiger partial charge is 0.513 e. The van der Waals surface area contributed by atoms with Gasteiger partial charge in [-0.15, -0.1) is 0 Å². The molecule has 0 aliphatic heterocycles. The maximum atomic E-state index is 11.3. The predicted molar refractivity (Wildman–Crippen MR) is 89.1 cm³/mol. The normalized spacial score (nSPS) is 10.3. The lowest BCUT2D eigenvalue weighted by molar-refractivity contribution is 0.120. The first kappa shape index (κ1) is 16.9. The molecular formula is C19H22O4. The van der Waals surface area contributed by atoms with Crippen LogP contribution in [0, 0.1) is 13.8 Å². The SMILES string of the molecule is CCc1cc(C)c(C)cc1OCc1ccccc1OC(=O)OC. The molecule has 0 unspecified atom stereocenters. The molecule has 0 N–H and O–H groups in total. The van der Waals surface area contributed by atoms with Crippen LogP contribution in [0.2, 0.25) is 0 Å². The van der Waals surface area contributed by atoms with Crippen LogP contribution in [0.5, 0.6) is 11.5 Å². The van der Waals surface area contributed by atoms with Gasteiger partial charge >= 0.3 is 6.16 Å². The molecule has 4 nitrogen and oxygen atoms in total. The molecule has 2 aromatic carbocycles. The van der Waals surface area contributed by atoms with Crippen molar-refractivity contribution in [2.75, 3.05) is 7.11 Å². The fourth-order valence-electron chi connectivity index (χ4n) is 2.27. The molecule has 0 heterocycles. The Balaban J connectivity index is 2.18. The van der Waals surface area contributed by atoms with Crippen molar-refractivity contribution < 1.29 is 19.0 Å². The zero-order valence-electron chi connectivity index (χ0n) is 14.0. The Bertz CT molecular complexity index is 692. The van der Waals surface area contributed by atoms with E-state index in [4.69, 9.17) is 9.47 Å². The molecule has 23 heavy (non-hydrogen) atoms. The minimum atomic E-state index is -0.738. The first-order chi connectivity index (χ1) is 11.0. The van der Waals surface area contributed by atoms with Crippen LogP contribution in [-0.4, -0.2) is 13.3 Å². The summed E-state index contributed by atoms with van der Waals surface area (Å²) in [5.41, 5.74) is 4.40. The average molecular weight is 314 g/mol. The molecule has 0 saturated carbocycles. The molecule has 0 atom stereocenters. The van der Waals surface area contributed by atoms with Crippen molar-refractivity contribution in [2.24, 2.45) is 0 Å². The van der Waals surface area contributed by atoms with Crippen LogP contribution in [0.4, 0.5) is 4.79 Å². The van der Waals surface area contributed by atoms with Gasteiger partial charge in [0.2, 0.25) is 0 Å². The predicted octanol–water partition coefficient (Wildman–Crippen LogP) is 4.59. The van der Waals surface area contributed by atoms with Gasteiger partial charge in [0, 0.05) is 5.56 Å². The van der Waals surface area contributed by atoms with E-state index >= 15 is 0 Å². The third kappa shape index (κ3) is 4.25. The number of hydrogen-bond donors (Lipinski definition) is 0. The van der Waals surface area contributed by atoms with Crippen LogP contribution in [0.1, 0.15) is 29.2 Å². The minimum Gasteiger partial charge on any atom is -0.488 e. The van der Waals surface area contributed by atoms with E-state index in [0.29, 0.717) is 12.4 Å². The van der Waals surface area contributed by atoms with Gasteiger partial charge in [-0.25, -0.2) is 4.79 Å². The number of aryl methyl sites for hydroxylation is 3. The Morgan fingerprint density at radius 3 is 2.39 bits per heavy atom. The van der Waals surface area contributed by atoms with E-state index in [1.165, 1.54) is 23.8 Å². The number of carbonyl (C=O) groups excluding carboxylic acids is 1. The van der Waals surface area contributed by atoms with E-state index in [9.17, 15) is 4.79 Å². The third-order valence-corrected chi connectivity index (χ3v) is 3.77. The quantitative estimate of drug-likeness (QED) is 0.598. The molecule has 2 rings (SSSR count). The first-order valence-corrected chi connectivity index (χ1v) is 7.61. The van der Waals surface area contributed by atoms with E-state index in [1.807, 2.05) is 12.1 Å². The molecule has 0 bridgehead atoms. The minimum absolute atomic E-state index is 0.322. The van der Waals surface area contributed by atoms with Gasteiger partial charge in [-0.2, -0.15) is 0 Å². The molecular weight excluding hydrogens is 292 g/mol. The lowest BCUT2D eigenvalue weighted by Crippen LogP contribution is -2.10. The van der Waals surface area contributed by atoms with Crippen LogP contribution in [0.3, 0.4) is 0 Å². The van der Waals surface area contributed by atoms with E-state index in [2.05, 4.69) is 37.6 Å². The van der Waals surface area contributed by atoms with Gasteiger partial charge in [0.25, 0.3) is 0 Å². The number of benzene rings is 2. The van der Waals surface area contributed by atoms with Crippen molar-refractivity contribution in [2.45, 2.75) is 33.8 Å². The van der Waals surface area contributed by atoms with Crippen molar-refractivity contribution in [3.05, 3.63) is 58.7 Å². The van der Waals surface area contributed by atoms with E-state index in [0.717, 1.165) is 17.7 Å². The van der Waals surface area contributed by atoms with Gasteiger partial charge in [0.05, 0.1) is 7.11 Å². The van der Waals surface area contributed by atoms with Crippen LogP contribution in [0.15, 0.2) is 36.4 Å². The lowest BCUT2D eigenvalue weighted by atomic mass is 10.0. The molecule has 0 amide bonds. The fourth-order valence-corrected chi connectivity index (χ4v) is 2.27. The van der Waals surface area contributed by atoms with E-state index in [1.54, 1.807) is 12.1 Å². The summed E-state index contributed by atoms with van der Waals surface area (Å²) in [4.78, 5) is 11.3. The number of carbonyl (C=O) groups is 1. The van der Waals surface area contributed by atoms with Crippen LogP contribution in [0.25, 0.3) is 0 Å². The summed E-state index contributed by atoms with van der Waals surface area (Å²) in [5.74, 6) is 1.31. The molecule has 0 radical (unpaired) electrons. The maximum Gasteiger partial charge on any atom is 0.513 e. The highest BCUT2D eigenvalue weighted by atomic mass is 16.7. The second kappa shape index (κ2) is 7.68. The summed E-state index contributed by atoms with van der Waals surface area (Å²) < 4.78 is 15.7. The van der Waals surface area contributed by atoms with Gasteiger partial charge < -0.3 is 14.2 Å². The summed E-state index contributed by atoms with van der Waals surface area (Å²) in [6.07, 6.45) is 0.161. The van der Waals surface area contributed by atoms with Crippen molar-refractivity contribution in [1.82, 2.24) is 0 Å². The average Bonchev–Trinajstić information content (AvgIpc) is 2.56. The van der Waals surface area contributed by atoms with Crippen molar-refractivity contribution in [3.63, 3.8) is 0 Å². The molecule has 0 fully saturated rings. The fraction of sp³-hybridized carbons (Fsp3) is 0.316. The monoisotopic (exact) mass is 314 g/mol. The molecule has 2 aromatic rings. The smallest absolute Gasteiger partial charge is 0.488 e. The van der Waals surface area contributed by atoms with E-state index in [-0.39, 0.29) is 0 Å². The number of methoxy groups -OCH3 is 1. The Kier molecular flexibility index (Phi) is 5.63. The van der Waals surface area contributed by atoms with Crippen molar-refractivity contribution in [1.29, 1.82) is 0 Å². The number of hydrogen-bond acceptors (Lipinski definition) is 4. The molecule has 0 saturated heterocycles. The Hall–Kier alpha value is -2.49. The number of ether oxygens (including phenoxy) is 3. The second-order valence-corrected chi connectivity index (χ2v) is 5.35. The van der Waals surface area contributed by atoms with Gasteiger partial charge in [0.1, 0.15) is 18.1 Å². The third-order valence-electron chi connectivity index (χ3n) is 3.77. The maximum absolute atomic E-state index is 11.3. The van der Waals surface area contributed by atoms with Crippen LogP contribution < -0.4 is 9.47 Å². The molecule has 4 heteroatoms. The topological polar surface area (TPSA) is 44.8 Å². The highest BCUT2D eigenvalue weighted by Crippen LogP contribution is 2.26. The Morgan fingerprint density at radius 2 is 1.70 bits per heavy atom. The summed E-state index contributed by atoms with van der Waals surface area (Å²) in [6.45, 7) is 6.58. The number of para-hydroxylation sites is 1.